The molecule has 5 heteroatoms. The van der Waals surface area contributed by atoms with Crippen LogP contribution >= 0.6 is 0 Å². The van der Waals surface area contributed by atoms with Crippen LogP contribution in [0.4, 0.5) is 0 Å². The number of hydrogen-bond acceptors (Lipinski definition) is 4. The minimum absolute atomic E-state index is 0.0167. The minimum Gasteiger partial charge on any atom is -0.508 e. The highest BCUT2D eigenvalue weighted by Crippen LogP contribution is 2.16. The Kier molecular flexibility index (Phi) is 4.56. The van der Waals surface area contributed by atoms with Gasteiger partial charge in [-0.15, -0.1) is 0 Å². The molecule has 0 fully saturated rings. The number of amides is 1. The second-order valence-electron chi connectivity index (χ2n) is 4.39. The van der Waals surface area contributed by atoms with Gasteiger partial charge in [-0.05, 0) is 23.8 Å². The Morgan fingerprint density at radius 3 is 2.43 bits per heavy atom. The Morgan fingerprint density at radius 1 is 1.10 bits per heavy atom. The lowest BCUT2D eigenvalue weighted by Crippen LogP contribution is -2.34. The first-order valence-electron chi connectivity index (χ1n) is 6.34. The smallest absolute Gasteiger partial charge is 0.333 e. The van der Waals surface area contributed by atoms with Gasteiger partial charge < -0.3 is 15.2 Å². The molecule has 21 heavy (non-hydrogen) atoms. The summed E-state index contributed by atoms with van der Waals surface area (Å²) in [5, 5.41) is 12.0. The van der Waals surface area contributed by atoms with Crippen LogP contribution in [0.2, 0.25) is 0 Å². The van der Waals surface area contributed by atoms with E-state index in [1.54, 1.807) is 36.4 Å². The van der Waals surface area contributed by atoms with E-state index >= 15 is 0 Å². The van der Waals surface area contributed by atoms with Gasteiger partial charge in [-0.25, -0.2) is 4.79 Å². The number of hydrogen-bond donors (Lipinski definition) is 2. The van der Waals surface area contributed by atoms with Gasteiger partial charge in [0.2, 0.25) is 0 Å². The first-order valence-corrected chi connectivity index (χ1v) is 6.34. The van der Waals surface area contributed by atoms with E-state index in [-0.39, 0.29) is 11.3 Å². The second-order valence-corrected chi connectivity index (χ2v) is 4.39. The van der Waals surface area contributed by atoms with Crippen LogP contribution in [-0.2, 0) is 9.53 Å². The Bertz CT molecular complexity index is 640. The number of esters is 1. The predicted molar refractivity (Wildman–Crippen MR) is 76.8 cm³/mol. The molecule has 0 spiro atoms. The molecule has 0 aliphatic heterocycles. The maximum absolute atomic E-state index is 12.2. The molecule has 0 saturated carbocycles. The Labute approximate surface area is 122 Å². The van der Waals surface area contributed by atoms with Gasteiger partial charge in [0.1, 0.15) is 5.75 Å². The monoisotopic (exact) mass is 285 g/mol. The van der Waals surface area contributed by atoms with Crippen molar-refractivity contribution >= 4 is 11.9 Å². The normalized spacial score (nSPS) is 11.5. The second kappa shape index (κ2) is 6.56. The molecule has 0 aromatic heterocycles. The lowest BCUT2D eigenvalue weighted by atomic mass is 10.1. The molecule has 5 nitrogen and oxygen atoms in total. The van der Waals surface area contributed by atoms with E-state index in [9.17, 15) is 14.7 Å². The lowest BCUT2D eigenvalue weighted by molar-refractivity contribution is -0.143. The average Bonchev–Trinajstić information content (AvgIpc) is 2.52. The third-order valence-electron chi connectivity index (χ3n) is 2.95. The quantitative estimate of drug-likeness (QED) is 0.843. The molecule has 2 rings (SSSR count). The summed E-state index contributed by atoms with van der Waals surface area (Å²) in [4.78, 5) is 24.0. The number of nitrogens with one attached hydrogen (secondary N) is 1. The summed E-state index contributed by atoms with van der Waals surface area (Å²) < 4.78 is 4.72. The van der Waals surface area contributed by atoms with E-state index in [4.69, 9.17) is 4.74 Å². The highest BCUT2D eigenvalue weighted by Gasteiger charge is 2.23. The maximum Gasteiger partial charge on any atom is 0.333 e. The number of methoxy groups -OCH3 is 1. The van der Waals surface area contributed by atoms with Gasteiger partial charge in [-0.2, -0.15) is 0 Å². The van der Waals surface area contributed by atoms with Crippen molar-refractivity contribution in [1.82, 2.24) is 5.32 Å². The molecule has 0 aliphatic carbocycles. The topological polar surface area (TPSA) is 75.6 Å². The molecule has 108 valence electrons. The van der Waals surface area contributed by atoms with Gasteiger partial charge in [0.15, 0.2) is 6.04 Å². The summed E-state index contributed by atoms with van der Waals surface area (Å²) in [5.41, 5.74) is 0.887. The molecule has 1 unspecified atom stereocenters. The first-order chi connectivity index (χ1) is 10.1. The lowest BCUT2D eigenvalue weighted by Gasteiger charge is -2.17. The predicted octanol–water partition coefficient (Wildman–Crippen LogP) is 2.04. The van der Waals surface area contributed by atoms with Crippen LogP contribution in [0, 0.1) is 0 Å². The van der Waals surface area contributed by atoms with E-state index in [0.717, 1.165) is 0 Å². The number of carbonyl (C=O) groups is 2. The van der Waals surface area contributed by atoms with Crippen molar-refractivity contribution in [3.05, 3.63) is 65.7 Å². The van der Waals surface area contributed by atoms with Gasteiger partial charge in [0, 0.05) is 5.56 Å². The number of rotatable bonds is 4. The van der Waals surface area contributed by atoms with Gasteiger partial charge in [0.05, 0.1) is 7.11 Å². The zero-order valence-corrected chi connectivity index (χ0v) is 11.4. The van der Waals surface area contributed by atoms with Gasteiger partial charge in [-0.3, -0.25) is 4.79 Å². The average molecular weight is 285 g/mol. The molecule has 0 radical (unpaired) electrons. The number of carbonyl (C=O) groups excluding carboxylic acids is 2. The van der Waals surface area contributed by atoms with Gasteiger partial charge >= 0.3 is 5.97 Å². The molecular weight excluding hydrogens is 270 g/mol. The summed E-state index contributed by atoms with van der Waals surface area (Å²) in [7, 11) is 1.26. The standard InChI is InChI=1S/C16H15NO4/c1-21-16(20)14(11-6-3-2-4-7-11)17-15(19)12-8-5-9-13(18)10-12/h2-10,14,18H,1H3,(H,17,19). The van der Waals surface area contributed by atoms with E-state index in [2.05, 4.69) is 5.32 Å². The van der Waals surface area contributed by atoms with Crippen LogP contribution in [0.5, 0.6) is 5.75 Å². The molecule has 1 atom stereocenters. The van der Waals surface area contributed by atoms with Crippen LogP contribution in [0.1, 0.15) is 22.0 Å². The molecule has 0 saturated heterocycles. The van der Waals surface area contributed by atoms with E-state index in [1.807, 2.05) is 6.07 Å². The fourth-order valence-electron chi connectivity index (χ4n) is 1.90. The van der Waals surface area contributed by atoms with Crippen molar-refractivity contribution in [3.8, 4) is 5.75 Å². The van der Waals surface area contributed by atoms with Crippen LogP contribution in [-0.4, -0.2) is 24.1 Å². The minimum atomic E-state index is -0.897. The molecule has 2 N–H and O–H groups in total. The zero-order chi connectivity index (χ0) is 15.2. The maximum atomic E-state index is 12.2. The molecule has 1 amide bonds. The van der Waals surface area contributed by atoms with Crippen molar-refractivity contribution < 1.29 is 19.4 Å². The number of phenolic OH excluding ortho intramolecular Hbond substituents is 1. The van der Waals surface area contributed by atoms with Crippen molar-refractivity contribution in [1.29, 1.82) is 0 Å². The molecule has 0 heterocycles. The summed E-state index contributed by atoms with van der Waals surface area (Å²) in [5.74, 6) is -1.04. The molecule has 2 aromatic carbocycles. The number of aromatic hydroxyl groups is 1. The summed E-state index contributed by atoms with van der Waals surface area (Å²) in [6.07, 6.45) is 0. The summed E-state index contributed by atoms with van der Waals surface area (Å²) in [6.45, 7) is 0. The van der Waals surface area contributed by atoms with Crippen molar-refractivity contribution in [2.24, 2.45) is 0 Å². The zero-order valence-electron chi connectivity index (χ0n) is 11.4. The Balaban J connectivity index is 2.23. The number of phenols is 1. The van der Waals surface area contributed by atoms with Crippen molar-refractivity contribution in [2.75, 3.05) is 7.11 Å². The van der Waals surface area contributed by atoms with E-state index < -0.39 is 17.9 Å². The van der Waals surface area contributed by atoms with Crippen LogP contribution in [0.25, 0.3) is 0 Å². The fraction of sp³-hybridized carbons (Fsp3) is 0.125. The molecule has 0 aliphatic rings. The Morgan fingerprint density at radius 2 is 1.81 bits per heavy atom. The number of benzene rings is 2. The SMILES string of the molecule is COC(=O)C(NC(=O)c1cccc(O)c1)c1ccccc1. The third kappa shape index (κ3) is 3.60. The van der Waals surface area contributed by atoms with Gasteiger partial charge in [0.25, 0.3) is 5.91 Å². The van der Waals surface area contributed by atoms with Crippen molar-refractivity contribution in [2.45, 2.75) is 6.04 Å². The van der Waals surface area contributed by atoms with Crippen LogP contribution in [0.3, 0.4) is 0 Å². The highest BCUT2D eigenvalue weighted by atomic mass is 16.5. The molecule has 2 aromatic rings. The molecule has 0 bridgehead atoms. The van der Waals surface area contributed by atoms with E-state index in [0.29, 0.717) is 5.56 Å². The first kappa shape index (κ1) is 14.6. The van der Waals surface area contributed by atoms with E-state index in [1.165, 1.54) is 19.2 Å². The summed E-state index contributed by atoms with van der Waals surface area (Å²) >= 11 is 0. The summed E-state index contributed by atoms with van der Waals surface area (Å²) in [6, 6.07) is 13.8. The molecular formula is C16H15NO4. The van der Waals surface area contributed by atoms with Gasteiger partial charge in [-0.1, -0.05) is 36.4 Å². The largest absolute Gasteiger partial charge is 0.508 e. The highest BCUT2D eigenvalue weighted by molar-refractivity contribution is 5.97. The van der Waals surface area contributed by atoms with Crippen LogP contribution in [0.15, 0.2) is 54.6 Å². The fourth-order valence-corrected chi connectivity index (χ4v) is 1.90. The Hall–Kier alpha value is -2.82. The third-order valence-corrected chi connectivity index (χ3v) is 2.95. The van der Waals surface area contributed by atoms with Crippen LogP contribution < -0.4 is 5.32 Å². The van der Waals surface area contributed by atoms with Crippen molar-refractivity contribution in [3.63, 3.8) is 0 Å². The number of ether oxygens (including phenoxy) is 1.